The minimum Gasteiger partial charge on any atom is -0.432 e. The first-order valence-electron chi connectivity index (χ1n) is 24.0. The highest BCUT2D eigenvalue weighted by atomic mass is 16.8. The van der Waals surface area contributed by atoms with Crippen LogP contribution in [0.15, 0.2) is 11.6 Å². The number of rotatable bonds is 8. The highest BCUT2D eigenvalue weighted by Crippen LogP contribution is 2.74. The molecule has 370 valence electrons. The summed E-state index contributed by atoms with van der Waals surface area (Å²) in [5, 5.41) is 96.5. The van der Waals surface area contributed by atoms with Gasteiger partial charge < -0.3 is 74.4 Å². The second-order valence-corrected chi connectivity index (χ2v) is 23.3. The lowest BCUT2D eigenvalue weighted by atomic mass is 9.35. The predicted molar refractivity (Wildman–Crippen MR) is 228 cm³/mol. The molecule has 17 nitrogen and oxygen atoms in total. The summed E-state index contributed by atoms with van der Waals surface area (Å²) in [5.74, 6) is 0.605. The Balaban J connectivity index is 0.979. The number of hydrogen-bond donors (Lipinski definition) is 9. The number of allylic oxidation sites excluding steroid dienone is 2. The Hall–Kier alpha value is -1.68. The van der Waals surface area contributed by atoms with Gasteiger partial charge in [-0.2, -0.15) is 0 Å². The number of fused-ring (bicyclic) bond motifs is 7. The van der Waals surface area contributed by atoms with Crippen molar-refractivity contribution in [3.63, 3.8) is 0 Å². The van der Waals surface area contributed by atoms with Gasteiger partial charge in [0.15, 0.2) is 12.6 Å². The van der Waals surface area contributed by atoms with E-state index < -0.39 is 122 Å². The first kappa shape index (κ1) is 49.7. The van der Waals surface area contributed by atoms with E-state index in [1.807, 2.05) is 0 Å². The number of hydrogen-bond acceptors (Lipinski definition) is 17. The Morgan fingerprint density at radius 2 is 1.35 bits per heavy atom. The quantitative estimate of drug-likeness (QED) is 0.123. The average Bonchev–Trinajstić information content (AvgIpc) is 3.24. The summed E-state index contributed by atoms with van der Waals surface area (Å²) in [7, 11) is 0. The Morgan fingerprint density at radius 3 is 2.05 bits per heavy atom. The third-order valence-electron chi connectivity index (χ3n) is 18.8. The molecule has 0 bridgehead atoms. The van der Waals surface area contributed by atoms with Crippen molar-refractivity contribution in [2.24, 2.45) is 50.2 Å². The zero-order chi connectivity index (χ0) is 47.6. The summed E-state index contributed by atoms with van der Waals surface area (Å²) in [4.78, 5) is 28.3. The van der Waals surface area contributed by atoms with Gasteiger partial charge in [-0.1, -0.05) is 60.1 Å². The fraction of sp³-hybridized carbons (Fsp3) is 0.917. The SMILES string of the molecule is C[C@@H]1O[C@@H](O[C@H]2[C@H](O)[C@@H](O)[C@H](OC[C@H]3O[C@@H](OC(=O)[C@@]45CC=C6C(CCC7[C@@]8(C)CCC(=O)C(C)(C)C8CC[C@@]67C)[C@]4(C)CC(C)(C)CC5)[C@H](O)[C@@H](O)[C@@H]3O)O[C@@H]2CO)[C@H](O)[C@H](O)[C@H]1O. The average molecular weight is 925 g/mol. The van der Waals surface area contributed by atoms with Crippen LogP contribution in [0.25, 0.3) is 0 Å². The molecule has 3 unspecified atom stereocenters. The molecule has 7 fully saturated rings. The van der Waals surface area contributed by atoms with E-state index >= 15 is 4.79 Å². The molecule has 17 heteroatoms. The van der Waals surface area contributed by atoms with Crippen molar-refractivity contribution in [3.05, 3.63) is 11.6 Å². The van der Waals surface area contributed by atoms with E-state index in [1.165, 1.54) is 12.5 Å². The summed E-state index contributed by atoms with van der Waals surface area (Å²) >= 11 is 0. The van der Waals surface area contributed by atoms with Crippen molar-refractivity contribution >= 4 is 11.8 Å². The van der Waals surface area contributed by atoms with Gasteiger partial charge >= 0.3 is 5.97 Å². The fourth-order valence-electron chi connectivity index (χ4n) is 15.1. The number of aliphatic hydroxyl groups excluding tert-OH is 9. The summed E-state index contributed by atoms with van der Waals surface area (Å²) in [6.45, 7) is 15.9. The van der Waals surface area contributed by atoms with E-state index in [-0.39, 0.29) is 27.6 Å². The number of aliphatic hydroxyl groups is 9. The third-order valence-corrected chi connectivity index (χ3v) is 18.8. The van der Waals surface area contributed by atoms with Crippen molar-refractivity contribution < 1.29 is 84.0 Å². The minimum absolute atomic E-state index is 0.0135. The number of carbonyl (C=O) groups excluding carboxylic acids is 2. The maximum absolute atomic E-state index is 15.0. The van der Waals surface area contributed by atoms with Crippen molar-refractivity contribution in [1.29, 1.82) is 0 Å². The third kappa shape index (κ3) is 7.82. The Kier molecular flexibility index (Phi) is 13.3. The van der Waals surface area contributed by atoms with E-state index in [4.69, 9.17) is 28.4 Å². The van der Waals surface area contributed by atoms with Crippen molar-refractivity contribution in [2.45, 2.75) is 212 Å². The first-order chi connectivity index (χ1) is 30.3. The van der Waals surface area contributed by atoms with E-state index in [0.29, 0.717) is 36.9 Å². The van der Waals surface area contributed by atoms with Gasteiger partial charge in [0.1, 0.15) is 72.9 Å². The van der Waals surface area contributed by atoms with Gasteiger partial charge in [-0.15, -0.1) is 0 Å². The highest BCUT2D eigenvalue weighted by Gasteiger charge is 2.69. The maximum atomic E-state index is 15.0. The van der Waals surface area contributed by atoms with Crippen LogP contribution in [0.5, 0.6) is 0 Å². The normalized spacial score (nSPS) is 52.8. The van der Waals surface area contributed by atoms with E-state index in [2.05, 4.69) is 54.5 Å². The molecule has 3 aliphatic heterocycles. The number of ether oxygens (including phenoxy) is 6. The van der Waals surface area contributed by atoms with Gasteiger partial charge in [-0.3, -0.25) is 9.59 Å². The summed E-state index contributed by atoms with van der Waals surface area (Å²) in [6, 6.07) is 0. The number of esters is 1. The highest BCUT2D eigenvalue weighted by molar-refractivity contribution is 5.85. The number of ketones is 1. The second kappa shape index (κ2) is 17.3. The topological polar surface area (TPSA) is 272 Å². The second-order valence-electron chi connectivity index (χ2n) is 23.3. The molecular formula is C48H76O17. The summed E-state index contributed by atoms with van der Waals surface area (Å²) in [6.07, 6.45) is -13.9. The molecule has 22 atom stereocenters. The van der Waals surface area contributed by atoms with Crippen LogP contribution in [0.2, 0.25) is 0 Å². The summed E-state index contributed by atoms with van der Waals surface area (Å²) in [5.41, 5.74) is -0.631. The van der Waals surface area contributed by atoms with Crippen LogP contribution >= 0.6 is 0 Å². The largest absolute Gasteiger partial charge is 0.432 e. The molecule has 8 aliphatic rings. The van der Waals surface area contributed by atoms with Crippen LogP contribution in [0.3, 0.4) is 0 Å². The molecule has 3 heterocycles. The molecule has 0 aromatic rings. The Labute approximate surface area is 381 Å². The maximum Gasteiger partial charge on any atom is 0.315 e. The number of Topliss-reactive ketones (excluding diaryl/α,β-unsaturated/α-hetero) is 1. The molecule has 5 aliphatic carbocycles. The van der Waals surface area contributed by atoms with Crippen LogP contribution in [0.1, 0.15) is 120 Å². The lowest BCUT2D eigenvalue weighted by Crippen LogP contribution is -2.65. The van der Waals surface area contributed by atoms with Crippen LogP contribution in [0, 0.1) is 50.2 Å². The Bertz CT molecular complexity index is 1820. The van der Waals surface area contributed by atoms with Gasteiger partial charge in [0.25, 0.3) is 0 Å². The molecule has 0 radical (unpaired) electrons. The molecular weight excluding hydrogens is 849 g/mol. The van der Waals surface area contributed by atoms with Crippen LogP contribution in [-0.4, -0.2) is 163 Å². The van der Waals surface area contributed by atoms with Gasteiger partial charge in [0.2, 0.25) is 6.29 Å². The smallest absolute Gasteiger partial charge is 0.315 e. The van der Waals surface area contributed by atoms with E-state index in [9.17, 15) is 50.8 Å². The van der Waals surface area contributed by atoms with Crippen molar-refractivity contribution in [2.75, 3.05) is 13.2 Å². The molecule has 0 spiro atoms. The monoisotopic (exact) mass is 925 g/mol. The van der Waals surface area contributed by atoms with Gasteiger partial charge in [0.05, 0.1) is 24.7 Å². The van der Waals surface area contributed by atoms with Crippen LogP contribution in [-0.2, 0) is 38.0 Å². The molecule has 0 aromatic carbocycles. The van der Waals surface area contributed by atoms with E-state index in [0.717, 1.165) is 44.9 Å². The lowest BCUT2D eigenvalue weighted by molar-refractivity contribution is -0.361. The van der Waals surface area contributed by atoms with Gasteiger partial charge in [-0.25, -0.2) is 0 Å². The molecule has 3 saturated heterocycles. The minimum atomic E-state index is -1.84. The molecule has 4 saturated carbocycles. The van der Waals surface area contributed by atoms with Crippen LogP contribution in [0.4, 0.5) is 0 Å². The molecule has 65 heavy (non-hydrogen) atoms. The van der Waals surface area contributed by atoms with Crippen molar-refractivity contribution in [3.8, 4) is 0 Å². The zero-order valence-electron chi connectivity index (χ0n) is 39.2. The van der Waals surface area contributed by atoms with Crippen molar-refractivity contribution in [1.82, 2.24) is 0 Å². The molecule has 0 amide bonds. The predicted octanol–water partition coefficient (Wildman–Crippen LogP) is 1.38. The molecule has 8 rings (SSSR count). The van der Waals surface area contributed by atoms with Gasteiger partial charge in [-0.05, 0) is 104 Å². The lowest BCUT2D eigenvalue weighted by Gasteiger charge is -2.69. The molecule has 9 N–H and O–H groups in total. The molecule has 0 aromatic heterocycles. The zero-order valence-corrected chi connectivity index (χ0v) is 39.2. The Morgan fingerprint density at radius 1 is 0.708 bits per heavy atom. The van der Waals surface area contributed by atoms with Crippen LogP contribution < -0.4 is 0 Å². The van der Waals surface area contributed by atoms with E-state index in [1.54, 1.807) is 0 Å². The fourth-order valence-corrected chi connectivity index (χ4v) is 15.1. The number of carbonyl (C=O) groups is 2. The standard InChI is InChI=1S/C48H76O17/c1-22-30(51)32(53)35(56)40(61-22)64-38-25(19-49)62-39(37(58)34(38)55)60-20-26-31(52)33(54)36(57)41(63-26)65-42(59)48-16-11-23-24(47(48,8)21-43(2,3)17-18-48)9-10-28-45(23,6)14-12-27-44(4,5)29(50)13-15-46(27,28)7/h11,22,24-28,30-41,49,51-58H,9-10,12-21H2,1-8H3/t22-,24?,25+,26+,27?,28?,30-,31+,32+,33-,34+,35+,36+,37+,38+,39+,40-,41-,45-,46-,47-,48-/m0/s1. The summed E-state index contributed by atoms with van der Waals surface area (Å²) < 4.78 is 34.8. The van der Waals surface area contributed by atoms with Gasteiger partial charge in [0, 0.05) is 11.8 Å². The first-order valence-corrected chi connectivity index (χ1v) is 24.0.